The Hall–Kier alpha value is -1.37. The number of halogens is 2. The molecule has 0 aliphatic carbocycles. The third-order valence-electron chi connectivity index (χ3n) is 4.01. The van der Waals surface area contributed by atoms with E-state index < -0.39 is 5.82 Å². The van der Waals surface area contributed by atoms with Gasteiger partial charge in [-0.2, -0.15) is 0 Å². The highest BCUT2D eigenvalue weighted by Gasteiger charge is 2.29. The van der Waals surface area contributed by atoms with E-state index in [9.17, 15) is 9.18 Å². The standard InChI is InChI=1S/C16H23ClFN3O2/c1-20(8-9-23-2)11-13-4-3-7-21(13)16(22)19-15-6-5-12(17)10-14(15)18/h5-6,10,13H,3-4,7-9,11H2,1-2H3,(H,19,22)/t13-/m1/s1. The minimum absolute atomic E-state index is 0.132. The molecule has 0 bridgehead atoms. The molecule has 0 aromatic heterocycles. The zero-order valence-electron chi connectivity index (χ0n) is 13.5. The van der Waals surface area contributed by atoms with Crippen LogP contribution in [0.4, 0.5) is 14.9 Å². The molecule has 2 rings (SSSR count). The molecule has 1 atom stereocenters. The molecule has 128 valence electrons. The van der Waals surface area contributed by atoms with Crippen molar-refractivity contribution in [3.8, 4) is 0 Å². The molecule has 1 aliphatic rings. The third kappa shape index (κ3) is 5.06. The topological polar surface area (TPSA) is 44.8 Å². The number of amides is 2. The third-order valence-corrected chi connectivity index (χ3v) is 4.25. The number of hydrogen-bond acceptors (Lipinski definition) is 3. The number of carbonyl (C=O) groups is 1. The first-order valence-corrected chi connectivity index (χ1v) is 8.09. The van der Waals surface area contributed by atoms with Crippen molar-refractivity contribution in [3.63, 3.8) is 0 Å². The Kier molecular flexibility index (Phi) is 6.62. The Labute approximate surface area is 141 Å². The summed E-state index contributed by atoms with van der Waals surface area (Å²) in [6.07, 6.45) is 1.91. The van der Waals surface area contributed by atoms with Crippen molar-refractivity contribution < 1.29 is 13.9 Å². The molecular weight excluding hydrogens is 321 g/mol. The van der Waals surface area contributed by atoms with Gasteiger partial charge < -0.3 is 19.9 Å². The van der Waals surface area contributed by atoms with E-state index in [-0.39, 0.29) is 17.8 Å². The second kappa shape index (κ2) is 8.47. The molecule has 7 heteroatoms. The lowest BCUT2D eigenvalue weighted by atomic mass is 10.2. The van der Waals surface area contributed by atoms with Gasteiger partial charge in [-0.1, -0.05) is 11.6 Å². The monoisotopic (exact) mass is 343 g/mol. The van der Waals surface area contributed by atoms with Gasteiger partial charge in [-0.05, 0) is 38.1 Å². The molecule has 0 saturated carbocycles. The van der Waals surface area contributed by atoms with Crippen LogP contribution in [-0.4, -0.2) is 62.3 Å². The zero-order valence-corrected chi connectivity index (χ0v) is 14.3. The minimum atomic E-state index is -0.529. The smallest absolute Gasteiger partial charge is 0.322 e. The van der Waals surface area contributed by atoms with E-state index in [1.807, 2.05) is 7.05 Å². The number of ether oxygens (including phenoxy) is 1. The van der Waals surface area contributed by atoms with Crippen LogP contribution in [0, 0.1) is 5.82 Å². The number of methoxy groups -OCH3 is 1. The van der Waals surface area contributed by atoms with E-state index in [1.54, 1.807) is 18.1 Å². The molecule has 0 unspecified atom stereocenters. The molecule has 1 saturated heterocycles. The molecule has 0 spiro atoms. The van der Waals surface area contributed by atoms with Crippen LogP contribution in [0.2, 0.25) is 5.02 Å². The number of nitrogens with zero attached hydrogens (tertiary/aromatic N) is 2. The molecule has 1 N–H and O–H groups in total. The Balaban J connectivity index is 1.94. The highest BCUT2D eigenvalue weighted by molar-refractivity contribution is 6.30. The number of urea groups is 1. The maximum absolute atomic E-state index is 13.8. The van der Waals surface area contributed by atoms with Gasteiger partial charge in [0.05, 0.1) is 12.3 Å². The maximum atomic E-state index is 13.8. The first-order valence-electron chi connectivity index (χ1n) is 7.71. The molecule has 23 heavy (non-hydrogen) atoms. The molecule has 1 fully saturated rings. The highest BCUT2D eigenvalue weighted by atomic mass is 35.5. The summed E-state index contributed by atoms with van der Waals surface area (Å²) in [5, 5.41) is 2.94. The molecule has 1 aromatic rings. The number of likely N-dealkylation sites (tertiary alicyclic amines) is 1. The minimum Gasteiger partial charge on any atom is -0.383 e. The second-order valence-corrected chi connectivity index (χ2v) is 6.24. The summed E-state index contributed by atoms with van der Waals surface area (Å²) < 4.78 is 18.9. The van der Waals surface area contributed by atoms with Crippen LogP contribution >= 0.6 is 11.6 Å². The fourth-order valence-electron chi connectivity index (χ4n) is 2.77. The van der Waals surface area contributed by atoms with Crippen LogP contribution in [0.5, 0.6) is 0 Å². The number of likely N-dealkylation sites (N-methyl/N-ethyl adjacent to an activating group) is 1. The van der Waals surface area contributed by atoms with Gasteiger partial charge in [0.2, 0.25) is 0 Å². The molecule has 5 nitrogen and oxygen atoms in total. The summed E-state index contributed by atoms with van der Waals surface area (Å²) in [6.45, 7) is 2.93. The maximum Gasteiger partial charge on any atom is 0.322 e. The Bertz CT molecular complexity index is 544. The van der Waals surface area contributed by atoms with Gasteiger partial charge in [0, 0.05) is 37.8 Å². The Morgan fingerprint density at radius 2 is 2.35 bits per heavy atom. The van der Waals surface area contributed by atoms with Crippen molar-refractivity contribution in [2.75, 3.05) is 45.7 Å². The normalized spacial score (nSPS) is 17.8. The van der Waals surface area contributed by atoms with Gasteiger partial charge in [-0.3, -0.25) is 0 Å². The van der Waals surface area contributed by atoms with E-state index in [1.165, 1.54) is 12.1 Å². The van der Waals surface area contributed by atoms with Crippen LogP contribution in [-0.2, 0) is 4.74 Å². The molecular formula is C16H23ClFN3O2. The van der Waals surface area contributed by atoms with Crippen molar-refractivity contribution in [2.24, 2.45) is 0 Å². The average Bonchev–Trinajstić information content (AvgIpc) is 2.96. The van der Waals surface area contributed by atoms with E-state index in [4.69, 9.17) is 16.3 Å². The van der Waals surface area contributed by atoms with Gasteiger partial charge in [0.25, 0.3) is 0 Å². The van der Waals surface area contributed by atoms with Crippen LogP contribution in [0.15, 0.2) is 18.2 Å². The van der Waals surface area contributed by atoms with Crippen molar-refractivity contribution in [2.45, 2.75) is 18.9 Å². The molecule has 2 amide bonds. The average molecular weight is 344 g/mol. The number of carbonyl (C=O) groups excluding carboxylic acids is 1. The van der Waals surface area contributed by atoms with Crippen molar-refractivity contribution in [1.29, 1.82) is 0 Å². The SMILES string of the molecule is COCCN(C)C[C@H]1CCCN1C(=O)Nc1ccc(Cl)cc1F. The summed E-state index contributed by atoms with van der Waals surface area (Å²) in [5.41, 5.74) is 0.151. The summed E-state index contributed by atoms with van der Waals surface area (Å²) in [4.78, 5) is 16.3. The second-order valence-electron chi connectivity index (χ2n) is 5.80. The molecule has 1 heterocycles. The number of rotatable bonds is 6. The van der Waals surface area contributed by atoms with Gasteiger partial charge in [0.1, 0.15) is 5.82 Å². The van der Waals surface area contributed by atoms with Crippen LogP contribution in [0.3, 0.4) is 0 Å². The summed E-state index contributed by atoms with van der Waals surface area (Å²) in [5.74, 6) is -0.529. The summed E-state index contributed by atoms with van der Waals surface area (Å²) in [7, 11) is 3.68. The van der Waals surface area contributed by atoms with E-state index in [0.29, 0.717) is 18.2 Å². The lowest BCUT2D eigenvalue weighted by Gasteiger charge is -2.28. The molecule has 1 aliphatic heterocycles. The largest absolute Gasteiger partial charge is 0.383 e. The van der Waals surface area contributed by atoms with Gasteiger partial charge >= 0.3 is 6.03 Å². The lowest BCUT2D eigenvalue weighted by Crippen LogP contribution is -2.44. The van der Waals surface area contributed by atoms with Gasteiger partial charge in [-0.15, -0.1) is 0 Å². The van der Waals surface area contributed by atoms with Gasteiger partial charge in [0.15, 0.2) is 0 Å². The fraction of sp³-hybridized carbons (Fsp3) is 0.562. The first-order chi connectivity index (χ1) is 11.0. The predicted molar refractivity (Wildman–Crippen MR) is 89.5 cm³/mol. The fourth-order valence-corrected chi connectivity index (χ4v) is 2.93. The lowest BCUT2D eigenvalue weighted by molar-refractivity contribution is 0.143. The number of nitrogens with one attached hydrogen (secondary N) is 1. The quantitative estimate of drug-likeness (QED) is 0.863. The van der Waals surface area contributed by atoms with Crippen molar-refractivity contribution >= 4 is 23.3 Å². The van der Waals surface area contributed by atoms with Gasteiger partial charge in [-0.25, -0.2) is 9.18 Å². The first kappa shape index (κ1) is 18.0. The van der Waals surface area contributed by atoms with Crippen LogP contribution < -0.4 is 5.32 Å². The van der Waals surface area contributed by atoms with E-state index in [0.717, 1.165) is 25.9 Å². The molecule has 1 aromatic carbocycles. The molecule has 0 radical (unpaired) electrons. The number of anilines is 1. The van der Waals surface area contributed by atoms with Crippen molar-refractivity contribution in [3.05, 3.63) is 29.0 Å². The number of benzene rings is 1. The summed E-state index contributed by atoms with van der Waals surface area (Å²) in [6, 6.07) is 4.09. The Morgan fingerprint density at radius 3 is 3.04 bits per heavy atom. The summed E-state index contributed by atoms with van der Waals surface area (Å²) >= 11 is 5.72. The van der Waals surface area contributed by atoms with E-state index >= 15 is 0 Å². The number of hydrogen-bond donors (Lipinski definition) is 1. The van der Waals surface area contributed by atoms with E-state index in [2.05, 4.69) is 10.2 Å². The zero-order chi connectivity index (χ0) is 16.8. The predicted octanol–water partition coefficient (Wildman–Crippen LogP) is 3.05. The van der Waals surface area contributed by atoms with Crippen molar-refractivity contribution in [1.82, 2.24) is 9.80 Å². The van der Waals surface area contributed by atoms with Crippen LogP contribution in [0.25, 0.3) is 0 Å². The van der Waals surface area contributed by atoms with Crippen LogP contribution in [0.1, 0.15) is 12.8 Å². The highest BCUT2D eigenvalue weighted by Crippen LogP contribution is 2.22. The Morgan fingerprint density at radius 1 is 1.57 bits per heavy atom.